The minimum absolute atomic E-state index is 0.0402. The van der Waals surface area contributed by atoms with Crippen molar-refractivity contribution in [3.8, 4) is 5.69 Å². The fraction of sp³-hybridized carbons (Fsp3) is 0.278. The van der Waals surface area contributed by atoms with Crippen molar-refractivity contribution in [1.82, 2.24) is 24.9 Å². The van der Waals surface area contributed by atoms with Gasteiger partial charge in [0.1, 0.15) is 0 Å². The molecule has 1 N–H and O–H groups in total. The number of hydrogen-bond acceptors (Lipinski definition) is 6. The molecule has 3 heterocycles. The van der Waals surface area contributed by atoms with Crippen LogP contribution in [0.3, 0.4) is 0 Å². The van der Waals surface area contributed by atoms with Crippen LogP contribution in [0.4, 0.5) is 0 Å². The van der Waals surface area contributed by atoms with Crippen LogP contribution >= 0.6 is 0 Å². The van der Waals surface area contributed by atoms with E-state index in [1.807, 2.05) is 30.3 Å². The topological polar surface area (TPSA) is 110 Å². The molecule has 1 amide bonds. The number of para-hydroxylation sites is 1. The fourth-order valence-corrected chi connectivity index (χ4v) is 3.20. The van der Waals surface area contributed by atoms with Crippen LogP contribution in [0.15, 0.2) is 36.5 Å². The lowest BCUT2D eigenvalue weighted by molar-refractivity contribution is -0.147. The number of benzene rings is 1. The van der Waals surface area contributed by atoms with E-state index in [2.05, 4.69) is 15.3 Å². The molecule has 4 rings (SSSR count). The summed E-state index contributed by atoms with van der Waals surface area (Å²) < 4.78 is 6.74. The largest absolute Gasteiger partial charge is 0.480 e. The molecule has 0 bridgehead atoms. The zero-order valence-corrected chi connectivity index (χ0v) is 14.6. The van der Waals surface area contributed by atoms with Crippen molar-refractivity contribution >= 4 is 22.8 Å². The quantitative estimate of drug-likeness (QED) is 0.736. The number of fused-ring (bicyclic) bond motifs is 1. The summed E-state index contributed by atoms with van der Waals surface area (Å²) in [5.74, 6) is -1.58. The Morgan fingerprint density at radius 1 is 1.26 bits per heavy atom. The number of carboxylic acid groups (broad SMARTS) is 1. The van der Waals surface area contributed by atoms with Crippen molar-refractivity contribution in [1.29, 1.82) is 0 Å². The highest BCUT2D eigenvalue weighted by molar-refractivity contribution is 5.96. The van der Waals surface area contributed by atoms with E-state index < -0.39 is 17.9 Å². The average molecular weight is 367 g/mol. The van der Waals surface area contributed by atoms with Crippen molar-refractivity contribution in [3.63, 3.8) is 0 Å². The van der Waals surface area contributed by atoms with Gasteiger partial charge >= 0.3 is 5.97 Å². The molecule has 1 aliphatic rings. The van der Waals surface area contributed by atoms with E-state index in [9.17, 15) is 14.7 Å². The zero-order chi connectivity index (χ0) is 19.0. The van der Waals surface area contributed by atoms with Gasteiger partial charge in [0.25, 0.3) is 5.91 Å². The van der Waals surface area contributed by atoms with Gasteiger partial charge in [-0.3, -0.25) is 9.78 Å². The summed E-state index contributed by atoms with van der Waals surface area (Å²) in [6.07, 6.45) is 1.69. The number of hydrogen-bond donors (Lipinski definition) is 1. The third-order valence-corrected chi connectivity index (χ3v) is 4.61. The van der Waals surface area contributed by atoms with E-state index in [4.69, 9.17) is 4.74 Å². The highest BCUT2D eigenvalue weighted by Gasteiger charge is 2.35. The Balaban J connectivity index is 1.74. The molecule has 0 saturated carbocycles. The smallest absolute Gasteiger partial charge is 0.328 e. The number of carbonyl (C=O) groups excluding carboxylic acids is 1. The first-order valence-electron chi connectivity index (χ1n) is 8.46. The molecule has 1 aromatic carbocycles. The number of amides is 1. The molecule has 138 valence electrons. The third-order valence-electron chi connectivity index (χ3n) is 4.61. The minimum atomic E-state index is -1.11. The number of aromatic nitrogens is 4. The van der Waals surface area contributed by atoms with Crippen LogP contribution in [-0.4, -0.2) is 67.7 Å². The second-order valence-electron chi connectivity index (χ2n) is 6.22. The van der Waals surface area contributed by atoms with Crippen molar-refractivity contribution in [2.75, 3.05) is 19.8 Å². The lowest BCUT2D eigenvalue weighted by Gasteiger charge is -2.32. The highest BCUT2D eigenvalue weighted by atomic mass is 16.5. The Hall–Kier alpha value is -3.33. The maximum atomic E-state index is 12.9. The Bertz CT molecular complexity index is 1030. The summed E-state index contributed by atoms with van der Waals surface area (Å²) in [6.45, 7) is 2.17. The van der Waals surface area contributed by atoms with Crippen LogP contribution in [0.25, 0.3) is 16.6 Å². The molecule has 1 fully saturated rings. The first-order chi connectivity index (χ1) is 13.1. The molecule has 9 nitrogen and oxygen atoms in total. The van der Waals surface area contributed by atoms with Crippen molar-refractivity contribution in [2.24, 2.45) is 0 Å². The van der Waals surface area contributed by atoms with Gasteiger partial charge in [-0.05, 0) is 19.1 Å². The van der Waals surface area contributed by atoms with E-state index in [1.165, 1.54) is 4.90 Å². The average Bonchev–Trinajstić information content (AvgIpc) is 3.08. The number of carboxylic acids is 1. The minimum Gasteiger partial charge on any atom is -0.480 e. The van der Waals surface area contributed by atoms with Crippen molar-refractivity contribution in [2.45, 2.75) is 13.0 Å². The molecule has 2 aromatic heterocycles. The van der Waals surface area contributed by atoms with Crippen LogP contribution in [0.2, 0.25) is 0 Å². The molecule has 0 aliphatic carbocycles. The van der Waals surface area contributed by atoms with Crippen LogP contribution in [0.5, 0.6) is 0 Å². The van der Waals surface area contributed by atoms with Gasteiger partial charge in [0.05, 0.1) is 30.1 Å². The van der Waals surface area contributed by atoms with Gasteiger partial charge in [-0.15, -0.1) is 5.10 Å². The summed E-state index contributed by atoms with van der Waals surface area (Å²) in [5.41, 5.74) is 2.08. The maximum Gasteiger partial charge on any atom is 0.328 e. The Labute approximate surface area is 154 Å². The number of nitrogens with zero attached hydrogens (tertiary/aromatic N) is 5. The van der Waals surface area contributed by atoms with Gasteiger partial charge in [0, 0.05) is 18.1 Å². The first kappa shape index (κ1) is 17.1. The molecule has 27 heavy (non-hydrogen) atoms. The summed E-state index contributed by atoms with van der Waals surface area (Å²) in [4.78, 5) is 30.0. The van der Waals surface area contributed by atoms with E-state index >= 15 is 0 Å². The number of aliphatic carboxylic acids is 1. The molecule has 1 saturated heterocycles. The van der Waals surface area contributed by atoms with Gasteiger partial charge in [-0.2, -0.15) is 0 Å². The Morgan fingerprint density at radius 2 is 2.07 bits per heavy atom. The molecule has 3 aromatic rings. The standard InChI is InChI=1S/C18H17N5O4/c1-11-15(17(24)22-8-9-27-10-14(22)18(25)26)20-21-23(11)13-6-2-4-12-5-3-7-19-16(12)13/h2-7,14H,8-10H2,1H3,(H,25,26). The fourth-order valence-electron chi connectivity index (χ4n) is 3.20. The second kappa shape index (κ2) is 6.76. The normalized spacial score (nSPS) is 17.2. The van der Waals surface area contributed by atoms with E-state index in [0.29, 0.717) is 11.4 Å². The molecular formula is C18H17N5O4. The second-order valence-corrected chi connectivity index (χ2v) is 6.22. The number of morpholine rings is 1. The Kier molecular flexibility index (Phi) is 4.28. The van der Waals surface area contributed by atoms with Crippen LogP contribution in [-0.2, 0) is 9.53 Å². The summed E-state index contributed by atoms with van der Waals surface area (Å²) in [7, 11) is 0. The summed E-state index contributed by atoms with van der Waals surface area (Å²) >= 11 is 0. The zero-order valence-electron chi connectivity index (χ0n) is 14.6. The summed E-state index contributed by atoms with van der Waals surface area (Å²) in [6, 6.07) is 8.42. The predicted molar refractivity (Wildman–Crippen MR) is 94.7 cm³/mol. The molecule has 0 spiro atoms. The van der Waals surface area contributed by atoms with Gasteiger partial charge in [0.15, 0.2) is 11.7 Å². The van der Waals surface area contributed by atoms with Gasteiger partial charge < -0.3 is 14.7 Å². The van der Waals surface area contributed by atoms with Gasteiger partial charge in [-0.25, -0.2) is 9.48 Å². The molecule has 0 radical (unpaired) electrons. The number of ether oxygens (including phenoxy) is 1. The highest BCUT2D eigenvalue weighted by Crippen LogP contribution is 2.22. The first-order valence-corrected chi connectivity index (χ1v) is 8.46. The van der Waals surface area contributed by atoms with Crippen LogP contribution in [0.1, 0.15) is 16.2 Å². The van der Waals surface area contributed by atoms with E-state index in [0.717, 1.165) is 10.9 Å². The van der Waals surface area contributed by atoms with Crippen molar-refractivity contribution < 1.29 is 19.4 Å². The molecule has 1 aliphatic heterocycles. The number of pyridine rings is 1. The SMILES string of the molecule is Cc1c(C(=O)N2CCOCC2C(=O)O)nnn1-c1cccc2cccnc12. The number of carbonyl (C=O) groups is 2. The molecule has 9 heteroatoms. The van der Waals surface area contributed by atoms with Gasteiger partial charge in [-0.1, -0.05) is 23.4 Å². The monoisotopic (exact) mass is 367 g/mol. The predicted octanol–water partition coefficient (Wildman–Crippen LogP) is 1.05. The number of rotatable bonds is 3. The van der Waals surface area contributed by atoms with Crippen molar-refractivity contribution in [3.05, 3.63) is 47.9 Å². The lowest BCUT2D eigenvalue weighted by atomic mass is 10.1. The van der Waals surface area contributed by atoms with E-state index in [-0.39, 0.29) is 25.5 Å². The molecule has 1 atom stereocenters. The van der Waals surface area contributed by atoms with Gasteiger partial charge in [0.2, 0.25) is 0 Å². The van der Waals surface area contributed by atoms with E-state index in [1.54, 1.807) is 17.8 Å². The maximum absolute atomic E-state index is 12.9. The lowest BCUT2D eigenvalue weighted by Crippen LogP contribution is -2.52. The van der Waals surface area contributed by atoms with Crippen LogP contribution in [0, 0.1) is 6.92 Å². The molecular weight excluding hydrogens is 350 g/mol. The summed E-state index contributed by atoms with van der Waals surface area (Å²) in [5, 5.41) is 18.4. The molecule has 1 unspecified atom stereocenters. The Morgan fingerprint density at radius 3 is 2.89 bits per heavy atom. The van der Waals surface area contributed by atoms with Crippen LogP contribution < -0.4 is 0 Å². The third kappa shape index (κ3) is 2.91.